The third kappa shape index (κ3) is 4.37. The summed E-state index contributed by atoms with van der Waals surface area (Å²) in [5.74, 6) is 5.84. The molecule has 10 heteroatoms. The normalized spacial score (nSPS) is 15.5. The Morgan fingerprint density at radius 1 is 1.22 bits per heavy atom. The Morgan fingerprint density at radius 3 is 2.88 bits per heavy atom. The van der Waals surface area contributed by atoms with Crippen LogP contribution in [0.4, 0.5) is 5.13 Å². The van der Waals surface area contributed by atoms with Crippen LogP contribution in [-0.4, -0.2) is 43.6 Å². The van der Waals surface area contributed by atoms with Gasteiger partial charge in [0.15, 0.2) is 16.6 Å². The zero-order valence-corrected chi connectivity index (χ0v) is 18.8. The Hall–Kier alpha value is -3.24. The van der Waals surface area contributed by atoms with Crippen molar-refractivity contribution < 1.29 is 0 Å². The number of nitrogens with one attached hydrogen (secondary N) is 1. The van der Waals surface area contributed by atoms with E-state index < -0.39 is 0 Å². The van der Waals surface area contributed by atoms with Crippen molar-refractivity contribution in [2.45, 2.75) is 44.7 Å². The van der Waals surface area contributed by atoms with Crippen molar-refractivity contribution >= 4 is 43.7 Å². The van der Waals surface area contributed by atoms with Crippen LogP contribution in [0.1, 0.15) is 43.2 Å². The van der Waals surface area contributed by atoms with Crippen LogP contribution in [0.2, 0.25) is 0 Å². The van der Waals surface area contributed by atoms with Crippen molar-refractivity contribution in [2.75, 3.05) is 12.4 Å². The number of rotatable bonds is 6. The Morgan fingerprint density at radius 2 is 2.06 bits per heavy atom. The number of nitrogens with two attached hydrogens (primary N) is 2. The van der Waals surface area contributed by atoms with E-state index in [9.17, 15) is 0 Å². The maximum Gasteiger partial charge on any atom is 0.184 e. The third-order valence-corrected chi connectivity index (χ3v) is 6.70. The van der Waals surface area contributed by atoms with E-state index in [4.69, 9.17) is 16.6 Å². The minimum Gasteiger partial charge on any atom is -0.382 e. The monoisotopic (exact) mass is 449 g/mol. The van der Waals surface area contributed by atoms with E-state index in [1.807, 2.05) is 10.6 Å². The summed E-state index contributed by atoms with van der Waals surface area (Å²) in [7, 11) is 1.61. The first-order valence-corrected chi connectivity index (χ1v) is 11.7. The Labute approximate surface area is 190 Å². The molecule has 1 aliphatic carbocycles. The van der Waals surface area contributed by atoms with Gasteiger partial charge in [0.1, 0.15) is 5.52 Å². The second-order valence-corrected chi connectivity index (χ2v) is 9.33. The molecule has 3 heterocycles. The van der Waals surface area contributed by atoms with Crippen LogP contribution in [0.15, 0.2) is 41.9 Å². The number of amidine groups is 1. The van der Waals surface area contributed by atoms with E-state index in [0.29, 0.717) is 24.0 Å². The zero-order valence-electron chi connectivity index (χ0n) is 18.0. The van der Waals surface area contributed by atoms with Gasteiger partial charge in [-0.3, -0.25) is 0 Å². The first-order chi connectivity index (χ1) is 15.5. The summed E-state index contributed by atoms with van der Waals surface area (Å²) < 4.78 is 3.22. The van der Waals surface area contributed by atoms with Crippen molar-refractivity contribution in [3.8, 4) is 0 Å². The molecule has 0 unspecified atom stereocenters. The van der Waals surface area contributed by atoms with Gasteiger partial charge in [0.05, 0.1) is 23.1 Å². The fraction of sp³-hybridized carbons (Fsp3) is 0.364. The average molecular weight is 450 g/mol. The number of imidazole rings is 1. The molecule has 1 saturated carbocycles. The van der Waals surface area contributed by atoms with Crippen LogP contribution in [-0.2, 0) is 6.54 Å². The maximum atomic E-state index is 5.97. The van der Waals surface area contributed by atoms with Gasteiger partial charge >= 0.3 is 0 Å². The SMILES string of the molecule is CN(N)/N=C(\N)c1cnc2c(c1)ncn2Cc1ccc2nc(NC3CCCCC3)sc2c1. The first-order valence-electron chi connectivity index (χ1n) is 10.8. The molecule has 166 valence electrons. The lowest BCUT2D eigenvalue weighted by molar-refractivity contribution is 0.371. The summed E-state index contributed by atoms with van der Waals surface area (Å²) in [4.78, 5) is 13.8. The van der Waals surface area contributed by atoms with E-state index in [-0.39, 0.29) is 0 Å². The standard InChI is InChI=1S/C22H27N9S/c1-30(24)29-20(23)15-10-18-21(25-11-15)31(13-26-18)12-14-7-8-17-19(9-14)32-22(28-17)27-16-5-3-2-4-6-16/h7-11,13,16H,2-6,12,24H2,1H3,(H2,23,29)(H,27,28). The first kappa shape index (κ1) is 20.7. The van der Waals surface area contributed by atoms with E-state index in [0.717, 1.165) is 21.8 Å². The minimum absolute atomic E-state index is 0.298. The molecule has 9 nitrogen and oxygen atoms in total. The number of anilines is 1. The number of thiazole rings is 1. The molecule has 5 N–H and O–H groups in total. The molecule has 0 amide bonds. The molecule has 0 bridgehead atoms. The predicted octanol–water partition coefficient (Wildman–Crippen LogP) is 3.26. The highest BCUT2D eigenvalue weighted by molar-refractivity contribution is 7.22. The summed E-state index contributed by atoms with van der Waals surface area (Å²) in [5, 5.41) is 9.85. The van der Waals surface area contributed by atoms with Gasteiger partial charge < -0.3 is 15.6 Å². The van der Waals surface area contributed by atoms with Crippen LogP contribution in [0, 0.1) is 0 Å². The molecule has 0 spiro atoms. The van der Waals surface area contributed by atoms with Gasteiger partial charge in [-0.15, -0.1) is 5.10 Å². The number of hydrogen-bond donors (Lipinski definition) is 3. The Bertz CT molecular complexity index is 1270. The van der Waals surface area contributed by atoms with Crippen molar-refractivity contribution in [3.63, 3.8) is 0 Å². The van der Waals surface area contributed by atoms with Gasteiger partial charge in [-0.05, 0) is 36.6 Å². The average Bonchev–Trinajstić information content (AvgIpc) is 3.36. The molecule has 4 aromatic rings. The highest BCUT2D eigenvalue weighted by Crippen LogP contribution is 2.30. The number of fused-ring (bicyclic) bond motifs is 2. The quantitative estimate of drug-likeness (QED) is 0.179. The molecule has 32 heavy (non-hydrogen) atoms. The van der Waals surface area contributed by atoms with E-state index in [1.165, 1.54) is 47.5 Å². The molecule has 0 atom stereocenters. The van der Waals surface area contributed by atoms with Gasteiger partial charge in [0.25, 0.3) is 0 Å². The largest absolute Gasteiger partial charge is 0.382 e. The molecular formula is C22H27N9S. The lowest BCUT2D eigenvalue weighted by Crippen LogP contribution is -2.25. The van der Waals surface area contributed by atoms with Crippen LogP contribution in [0.3, 0.4) is 0 Å². The van der Waals surface area contributed by atoms with Gasteiger partial charge in [0, 0.05) is 24.8 Å². The third-order valence-electron chi connectivity index (χ3n) is 5.76. The highest BCUT2D eigenvalue weighted by atomic mass is 32.1. The van der Waals surface area contributed by atoms with Crippen molar-refractivity contribution in [1.29, 1.82) is 0 Å². The van der Waals surface area contributed by atoms with Crippen LogP contribution in [0.25, 0.3) is 21.4 Å². The zero-order chi connectivity index (χ0) is 22.1. The van der Waals surface area contributed by atoms with Gasteiger partial charge in [-0.2, -0.15) is 0 Å². The number of benzene rings is 1. The number of hydrogen-bond acceptors (Lipinski definition) is 8. The fourth-order valence-electron chi connectivity index (χ4n) is 4.18. The molecule has 1 fully saturated rings. The predicted molar refractivity (Wildman–Crippen MR) is 129 cm³/mol. The number of hydrazine groups is 1. The molecule has 0 aliphatic heterocycles. The van der Waals surface area contributed by atoms with Crippen LogP contribution < -0.4 is 16.9 Å². The summed E-state index contributed by atoms with van der Waals surface area (Å²) in [6.45, 7) is 0.678. The van der Waals surface area contributed by atoms with Crippen LogP contribution >= 0.6 is 11.3 Å². The number of nitrogens with zero attached hydrogens (tertiary/aromatic N) is 6. The molecule has 0 radical (unpaired) electrons. The minimum atomic E-state index is 0.298. The Kier molecular flexibility index (Phi) is 5.62. The lowest BCUT2D eigenvalue weighted by atomic mass is 9.96. The highest BCUT2D eigenvalue weighted by Gasteiger charge is 2.15. The van der Waals surface area contributed by atoms with Crippen LogP contribution in [0.5, 0.6) is 0 Å². The summed E-state index contributed by atoms with van der Waals surface area (Å²) in [6, 6.07) is 8.85. The molecule has 1 aliphatic rings. The van der Waals surface area contributed by atoms with Gasteiger partial charge in [-0.25, -0.2) is 25.9 Å². The maximum absolute atomic E-state index is 5.97. The second kappa shape index (κ2) is 8.71. The summed E-state index contributed by atoms with van der Waals surface area (Å²) in [5.41, 5.74) is 10.4. The molecule has 0 saturated heterocycles. The molecule has 5 rings (SSSR count). The Balaban J connectivity index is 1.35. The molecule has 1 aromatic carbocycles. The van der Waals surface area contributed by atoms with Gasteiger partial charge in [0.2, 0.25) is 0 Å². The summed E-state index contributed by atoms with van der Waals surface area (Å²) >= 11 is 1.73. The topological polar surface area (TPSA) is 123 Å². The molecular weight excluding hydrogens is 422 g/mol. The van der Waals surface area contributed by atoms with Crippen molar-refractivity contribution in [1.82, 2.24) is 24.6 Å². The smallest absolute Gasteiger partial charge is 0.184 e. The fourth-order valence-corrected chi connectivity index (χ4v) is 5.19. The van der Waals surface area contributed by atoms with E-state index in [2.05, 4.69) is 38.6 Å². The van der Waals surface area contributed by atoms with Crippen molar-refractivity contribution in [3.05, 3.63) is 47.9 Å². The molecule has 3 aromatic heterocycles. The van der Waals surface area contributed by atoms with Crippen molar-refractivity contribution in [2.24, 2.45) is 16.7 Å². The van der Waals surface area contributed by atoms with Gasteiger partial charge in [-0.1, -0.05) is 36.7 Å². The number of hydrazone groups is 1. The number of aromatic nitrogens is 4. The second-order valence-electron chi connectivity index (χ2n) is 8.30. The van der Waals surface area contributed by atoms with E-state index in [1.54, 1.807) is 30.9 Å². The van der Waals surface area contributed by atoms with E-state index >= 15 is 0 Å². The lowest BCUT2D eigenvalue weighted by Gasteiger charge is -2.22. The number of pyridine rings is 1. The summed E-state index contributed by atoms with van der Waals surface area (Å²) in [6.07, 6.45) is 9.95.